The van der Waals surface area contributed by atoms with Crippen molar-refractivity contribution in [1.29, 1.82) is 0 Å². The van der Waals surface area contributed by atoms with Crippen molar-refractivity contribution < 1.29 is 4.42 Å². The molecule has 3 nitrogen and oxygen atoms in total. The number of oxazole rings is 1. The largest absolute Gasteiger partial charge is 0.441 e. The molecule has 0 atom stereocenters. The average Bonchev–Trinajstić information content (AvgIpc) is 3.04. The van der Waals surface area contributed by atoms with E-state index >= 15 is 0 Å². The fourth-order valence-electron chi connectivity index (χ4n) is 2.35. The lowest BCUT2D eigenvalue weighted by atomic mass is 10.1. The van der Waals surface area contributed by atoms with Crippen LogP contribution >= 0.6 is 0 Å². The lowest BCUT2D eigenvalue weighted by molar-refractivity contribution is 0.494. The van der Waals surface area contributed by atoms with Crippen LogP contribution in [0, 0.1) is 13.8 Å². The van der Waals surface area contributed by atoms with Gasteiger partial charge in [-0.15, -0.1) is 0 Å². The Morgan fingerprint density at radius 3 is 2.63 bits per heavy atom. The van der Waals surface area contributed by atoms with E-state index in [0.717, 1.165) is 36.2 Å². The number of rotatable bonds is 5. The Kier molecular flexibility index (Phi) is 3.38. The zero-order valence-electron chi connectivity index (χ0n) is 11.6. The average molecular weight is 256 g/mol. The number of nitrogens with one attached hydrogen (secondary N) is 1. The van der Waals surface area contributed by atoms with E-state index in [1.165, 1.54) is 24.0 Å². The van der Waals surface area contributed by atoms with Crippen molar-refractivity contribution in [3.8, 4) is 11.3 Å². The minimum Gasteiger partial charge on any atom is -0.441 e. The van der Waals surface area contributed by atoms with Crippen LogP contribution in [0.1, 0.15) is 29.9 Å². The van der Waals surface area contributed by atoms with Gasteiger partial charge in [0.15, 0.2) is 11.7 Å². The summed E-state index contributed by atoms with van der Waals surface area (Å²) >= 11 is 0. The molecular weight excluding hydrogens is 236 g/mol. The molecule has 1 fully saturated rings. The Bertz CT molecular complexity index is 550. The van der Waals surface area contributed by atoms with Gasteiger partial charge in [0.2, 0.25) is 0 Å². The van der Waals surface area contributed by atoms with Gasteiger partial charge in [-0.05, 0) is 38.8 Å². The molecule has 1 aromatic carbocycles. The van der Waals surface area contributed by atoms with Crippen LogP contribution in [0.15, 0.2) is 28.8 Å². The van der Waals surface area contributed by atoms with E-state index in [1.807, 2.05) is 6.20 Å². The van der Waals surface area contributed by atoms with Crippen LogP contribution < -0.4 is 5.32 Å². The Morgan fingerprint density at radius 1 is 1.21 bits per heavy atom. The zero-order valence-corrected chi connectivity index (χ0v) is 11.6. The van der Waals surface area contributed by atoms with Gasteiger partial charge in [-0.25, -0.2) is 4.98 Å². The van der Waals surface area contributed by atoms with E-state index in [9.17, 15) is 0 Å². The summed E-state index contributed by atoms with van der Waals surface area (Å²) in [5.41, 5.74) is 3.62. The number of aromatic nitrogens is 1. The molecule has 3 heteroatoms. The third-order valence-corrected chi connectivity index (χ3v) is 3.41. The number of nitrogens with zero attached hydrogens (tertiary/aromatic N) is 1. The molecule has 0 saturated heterocycles. The van der Waals surface area contributed by atoms with E-state index in [4.69, 9.17) is 4.42 Å². The molecule has 100 valence electrons. The van der Waals surface area contributed by atoms with Crippen LogP contribution in [0.3, 0.4) is 0 Å². The standard InChI is InChI=1S/C16H20N2O/c1-11-7-12(2)9-13(8-11)15-10-18-16(19-15)5-6-17-14-3-4-14/h7-10,14,17H,3-6H2,1-2H3. The molecule has 1 heterocycles. The third-order valence-electron chi connectivity index (χ3n) is 3.41. The second kappa shape index (κ2) is 5.17. The summed E-state index contributed by atoms with van der Waals surface area (Å²) < 4.78 is 5.83. The number of hydrogen-bond donors (Lipinski definition) is 1. The van der Waals surface area contributed by atoms with Gasteiger partial charge in [0, 0.05) is 24.6 Å². The van der Waals surface area contributed by atoms with Gasteiger partial charge in [-0.2, -0.15) is 0 Å². The maximum absolute atomic E-state index is 5.83. The molecular formula is C16H20N2O. The van der Waals surface area contributed by atoms with E-state index in [-0.39, 0.29) is 0 Å². The van der Waals surface area contributed by atoms with Crippen LogP contribution in [0.4, 0.5) is 0 Å². The lowest BCUT2D eigenvalue weighted by Gasteiger charge is -2.01. The molecule has 1 saturated carbocycles. The number of hydrogen-bond acceptors (Lipinski definition) is 3. The molecule has 0 bridgehead atoms. The van der Waals surface area contributed by atoms with Crippen LogP contribution in [-0.2, 0) is 6.42 Å². The van der Waals surface area contributed by atoms with Gasteiger partial charge in [-0.3, -0.25) is 0 Å². The predicted molar refractivity (Wildman–Crippen MR) is 76.1 cm³/mol. The first kappa shape index (κ1) is 12.4. The van der Waals surface area contributed by atoms with Crippen LogP contribution in [0.25, 0.3) is 11.3 Å². The van der Waals surface area contributed by atoms with Crippen molar-refractivity contribution in [2.75, 3.05) is 6.54 Å². The molecule has 0 spiro atoms. The fraction of sp³-hybridized carbons (Fsp3) is 0.438. The molecule has 0 amide bonds. The van der Waals surface area contributed by atoms with Crippen LogP contribution in [0.5, 0.6) is 0 Å². The number of aryl methyl sites for hydroxylation is 2. The maximum atomic E-state index is 5.83. The van der Waals surface area contributed by atoms with E-state index in [0.29, 0.717) is 0 Å². The molecule has 0 unspecified atom stereocenters. The second-order valence-electron chi connectivity index (χ2n) is 5.47. The highest BCUT2D eigenvalue weighted by atomic mass is 16.4. The summed E-state index contributed by atoms with van der Waals surface area (Å²) in [6, 6.07) is 7.19. The Labute approximate surface area is 114 Å². The third kappa shape index (κ3) is 3.24. The quantitative estimate of drug-likeness (QED) is 0.892. The molecule has 1 aliphatic rings. The summed E-state index contributed by atoms with van der Waals surface area (Å²) in [6.07, 6.45) is 5.33. The van der Waals surface area contributed by atoms with E-state index < -0.39 is 0 Å². The molecule has 1 aliphatic carbocycles. The zero-order chi connectivity index (χ0) is 13.2. The molecule has 1 N–H and O–H groups in total. The van der Waals surface area contributed by atoms with Gasteiger partial charge in [0.05, 0.1) is 6.20 Å². The summed E-state index contributed by atoms with van der Waals surface area (Å²) in [7, 11) is 0. The first-order valence-corrected chi connectivity index (χ1v) is 6.97. The van der Waals surface area contributed by atoms with Gasteiger partial charge >= 0.3 is 0 Å². The summed E-state index contributed by atoms with van der Waals surface area (Å²) in [4.78, 5) is 4.36. The molecule has 19 heavy (non-hydrogen) atoms. The first-order valence-electron chi connectivity index (χ1n) is 6.97. The summed E-state index contributed by atoms with van der Waals surface area (Å²) in [5.74, 6) is 1.69. The van der Waals surface area contributed by atoms with Crippen LogP contribution in [-0.4, -0.2) is 17.6 Å². The number of benzene rings is 1. The normalized spacial score (nSPS) is 14.8. The molecule has 1 aromatic heterocycles. The molecule has 0 aliphatic heterocycles. The first-order chi connectivity index (χ1) is 9.20. The lowest BCUT2D eigenvalue weighted by Crippen LogP contribution is -2.19. The topological polar surface area (TPSA) is 38.1 Å². The van der Waals surface area contributed by atoms with Crippen molar-refractivity contribution in [2.24, 2.45) is 0 Å². The van der Waals surface area contributed by atoms with Crippen molar-refractivity contribution in [1.82, 2.24) is 10.3 Å². The van der Waals surface area contributed by atoms with Crippen molar-refractivity contribution in [2.45, 2.75) is 39.2 Å². The Hall–Kier alpha value is -1.61. The smallest absolute Gasteiger partial charge is 0.196 e. The minimum absolute atomic E-state index is 0.744. The van der Waals surface area contributed by atoms with Gasteiger partial charge in [0.25, 0.3) is 0 Å². The van der Waals surface area contributed by atoms with E-state index in [2.05, 4.69) is 42.3 Å². The maximum Gasteiger partial charge on any atom is 0.196 e. The van der Waals surface area contributed by atoms with Crippen molar-refractivity contribution in [3.63, 3.8) is 0 Å². The highest BCUT2D eigenvalue weighted by Gasteiger charge is 2.20. The van der Waals surface area contributed by atoms with Gasteiger partial charge in [-0.1, -0.05) is 17.2 Å². The van der Waals surface area contributed by atoms with Crippen molar-refractivity contribution in [3.05, 3.63) is 41.4 Å². The van der Waals surface area contributed by atoms with Gasteiger partial charge < -0.3 is 9.73 Å². The molecule has 3 rings (SSSR count). The summed E-state index contributed by atoms with van der Waals surface area (Å²) in [6.45, 7) is 5.16. The highest BCUT2D eigenvalue weighted by Crippen LogP contribution is 2.23. The van der Waals surface area contributed by atoms with Crippen LogP contribution in [0.2, 0.25) is 0 Å². The van der Waals surface area contributed by atoms with E-state index in [1.54, 1.807) is 0 Å². The Balaban J connectivity index is 1.68. The Morgan fingerprint density at radius 2 is 1.95 bits per heavy atom. The molecule has 2 aromatic rings. The monoisotopic (exact) mass is 256 g/mol. The fourth-order valence-corrected chi connectivity index (χ4v) is 2.35. The molecule has 0 radical (unpaired) electrons. The van der Waals surface area contributed by atoms with Crippen molar-refractivity contribution >= 4 is 0 Å². The second-order valence-corrected chi connectivity index (χ2v) is 5.47. The highest BCUT2D eigenvalue weighted by molar-refractivity contribution is 5.58. The van der Waals surface area contributed by atoms with Gasteiger partial charge in [0.1, 0.15) is 0 Å². The predicted octanol–water partition coefficient (Wildman–Crippen LogP) is 3.25. The minimum atomic E-state index is 0.744. The SMILES string of the molecule is Cc1cc(C)cc(-c2cnc(CCNC3CC3)o2)c1. The summed E-state index contributed by atoms with van der Waals surface area (Å²) in [5, 5.41) is 3.47.